The van der Waals surface area contributed by atoms with E-state index in [2.05, 4.69) is 23.4 Å². The zero-order valence-corrected chi connectivity index (χ0v) is 16.5. The molecule has 0 bridgehead atoms. The molecule has 5 heteroatoms. The van der Waals surface area contributed by atoms with Crippen LogP contribution in [0.3, 0.4) is 0 Å². The van der Waals surface area contributed by atoms with E-state index in [0.717, 1.165) is 28.3 Å². The normalized spacial score (nSPS) is 11.0. The van der Waals surface area contributed by atoms with Gasteiger partial charge < -0.3 is 14.3 Å². The molecule has 0 aliphatic rings. The van der Waals surface area contributed by atoms with Gasteiger partial charge in [0.15, 0.2) is 0 Å². The lowest BCUT2D eigenvalue weighted by Crippen LogP contribution is -2.11. The van der Waals surface area contributed by atoms with Crippen LogP contribution in [0.4, 0.5) is 5.69 Å². The van der Waals surface area contributed by atoms with Crippen molar-refractivity contribution in [3.63, 3.8) is 0 Å². The lowest BCUT2D eigenvalue weighted by Gasteiger charge is -2.08. The molecule has 0 spiro atoms. The Balaban J connectivity index is 1.36. The summed E-state index contributed by atoms with van der Waals surface area (Å²) in [6.07, 6.45) is 8.00. The number of pyridine rings is 1. The zero-order valence-electron chi connectivity index (χ0n) is 16.5. The summed E-state index contributed by atoms with van der Waals surface area (Å²) >= 11 is 0. The molecule has 3 heterocycles. The van der Waals surface area contributed by atoms with Crippen LogP contribution in [0.2, 0.25) is 0 Å². The first-order valence-electron chi connectivity index (χ1n) is 9.76. The van der Waals surface area contributed by atoms with Crippen LogP contribution in [0.25, 0.3) is 22.6 Å². The number of nitrogens with zero attached hydrogens (tertiary/aromatic N) is 3. The van der Waals surface area contributed by atoms with Crippen molar-refractivity contribution in [2.24, 2.45) is 0 Å². The number of benzene rings is 2. The number of anilines is 1. The monoisotopic (exact) mass is 392 g/mol. The van der Waals surface area contributed by atoms with E-state index < -0.39 is 0 Å². The maximum absolute atomic E-state index is 12.7. The van der Waals surface area contributed by atoms with Crippen molar-refractivity contribution < 1.29 is 4.79 Å². The number of nitrogens with one attached hydrogen (secondary N) is 1. The standard InChI is InChI=1S/C25H20N4O/c1-18-7-12-24-27-23(17-29(24)16-18)20-5-4-6-21(15-20)26-25(30)19-8-10-22(11-9-19)28-13-2-3-14-28/h2-17H,1H3,(H,26,30). The maximum atomic E-state index is 12.7. The minimum Gasteiger partial charge on any atom is -0.324 e. The number of aromatic nitrogens is 3. The molecule has 5 aromatic rings. The van der Waals surface area contributed by atoms with Crippen LogP contribution in [0.1, 0.15) is 15.9 Å². The Hall–Kier alpha value is -4.12. The van der Waals surface area contributed by atoms with E-state index in [0.29, 0.717) is 5.56 Å². The summed E-state index contributed by atoms with van der Waals surface area (Å²) in [6.45, 7) is 2.06. The fourth-order valence-electron chi connectivity index (χ4n) is 3.49. The molecule has 5 rings (SSSR count). The first-order valence-corrected chi connectivity index (χ1v) is 9.76. The number of carbonyl (C=O) groups excluding carboxylic acids is 1. The van der Waals surface area contributed by atoms with E-state index in [1.807, 2.05) is 100 Å². The summed E-state index contributed by atoms with van der Waals surface area (Å²) in [5, 5.41) is 2.99. The molecule has 5 nitrogen and oxygen atoms in total. The van der Waals surface area contributed by atoms with Gasteiger partial charge in [-0.05, 0) is 67.1 Å². The lowest BCUT2D eigenvalue weighted by molar-refractivity contribution is 0.102. The molecule has 1 N–H and O–H groups in total. The summed E-state index contributed by atoms with van der Waals surface area (Å²) in [6, 6.07) is 23.3. The summed E-state index contributed by atoms with van der Waals surface area (Å²) in [5.41, 5.74) is 6.26. The minimum absolute atomic E-state index is 0.142. The van der Waals surface area contributed by atoms with E-state index in [-0.39, 0.29) is 5.91 Å². The molecule has 2 aromatic carbocycles. The molecule has 3 aromatic heterocycles. The third kappa shape index (κ3) is 3.49. The first-order chi connectivity index (χ1) is 14.7. The van der Waals surface area contributed by atoms with Crippen LogP contribution in [0, 0.1) is 6.92 Å². The van der Waals surface area contributed by atoms with Gasteiger partial charge in [-0.15, -0.1) is 0 Å². The molecule has 0 unspecified atom stereocenters. The highest BCUT2D eigenvalue weighted by molar-refractivity contribution is 6.04. The number of hydrogen-bond acceptors (Lipinski definition) is 2. The second-order valence-electron chi connectivity index (χ2n) is 7.27. The fraction of sp³-hybridized carbons (Fsp3) is 0.0400. The number of amides is 1. The van der Waals surface area contributed by atoms with Gasteiger partial charge in [0.05, 0.1) is 5.69 Å². The van der Waals surface area contributed by atoms with Crippen molar-refractivity contribution in [3.05, 3.63) is 109 Å². The molecule has 1 amide bonds. The van der Waals surface area contributed by atoms with Gasteiger partial charge in [0, 0.05) is 47.3 Å². The molecule has 0 saturated carbocycles. The second-order valence-corrected chi connectivity index (χ2v) is 7.27. The fourth-order valence-corrected chi connectivity index (χ4v) is 3.49. The van der Waals surface area contributed by atoms with Crippen molar-refractivity contribution in [1.82, 2.24) is 14.0 Å². The Morgan fingerprint density at radius 2 is 1.70 bits per heavy atom. The van der Waals surface area contributed by atoms with Gasteiger partial charge in [0.2, 0.25) is 0 Å². The van der Waals surface area contributed by atoms with Crippen LogP contribution >= 0.6 is 0 Å². The number of rotatable bonds is 4. The van der Waals surface area contributed by atoms with Gasteiger partial charge in [0.25, 0.3) is 5.91 Å². The predicted octanol–water partition coefficient (Wildman–Crippen LogP) is 5.35. The number of carbonyl (C=O) groups is 1. The van der Waals surface area contributed by atoms with Crippen molar-refractivity contribution in [2.45, 2.75) is 6.92 Å². The van der Waals surface area contributed by atoms with Gasteiger partial charge in [-0.25, -0.2) is 4.98 Å². The third-order valence-corrected chi connectivity index (χ3v) is 5.05. The number of fused-ring (bicyclic) bond motifs is 1. The van der Waals surface area contributed by atoms with Crippen molar-refractivity contribution in [3.8, 4) is 16.9 Å². The SMILES string of the molecule is Cc1ccc2nc(-c3cccc(NC(=O)c4ccc(-n5cccc5)cc4)c3)cn2c1. The molecule has 0 atom stereocenters. The Morgan fingerprint density at radius 3 is 2.50 bits per heavy atom. The molecular weight excluding hydrogens is 372 g/mol. The molecular formula is C25H20N4O. The van der Waals surface area contributed by atoms with E-state index in [1.165, 1.54) is 5.56 Å². The Bertz CT molecular complexity index is 1330. The van der Waals surface area contributed by atoms with Gasteiger partial charge in [-0.1, -0.05) is 18.2 Å². The number of hydrogen-bond donors (Lipinski definition) is 1. The number of imidazole rings is 1. The highest BCUT2D eigenvalue weighted by atomic mass is 16.1. The molecule has 0 radical (unpaired) electrons. The topological polar surface area (TPSA) is 51.3 Å². The van der Waals surface area contributed by atoms with E-state index in [9.17, 15) is 4.79 Å². The van der Waals surface area contributed by atoms with E-state index in [4.69, 9.17) is 0 Å². The Kier molecular flexibility index (Phi) is 4.41. The van der Waals surface area contributed by atoms with Crippen LogP contribution in [-0.4, -0.2) is 19.9 Å². The highest BCUT2D eigenvalue weighted by Gasteiger charge is 2.09. The minimum atomic E-state index is -0.142. The smallest absolute Gasteiger partial charge is 0.255 e. The van der Waals surface area contributed by atoms with Crippen LogP contribution in [-0.2, 0) is 0 Å². The van der Waals surface area contributed by atoms with Crippen LogP contribution in [0.5, 0.6) is 0 Å². The lowest BCUT2D eigenvalue weighted by atomic mass is 10.1. The highest BCUT2D eigenvalue weighted by Crippen LogP contribution is 2.23. The van der Waals surface area contributed by atoms with Gasteiger partial charge >= 0.3 is 0 Å². The molecule has 0 saturated heterocycles. The van der Waals surface area contributed by atoms with Gasteiger partial charge in [-0.3, -0.25) is 4.79 Å². The quantitative estimate of drug-likeness (QED) is 0.448. The van der Waals surface area contributed by atoms with Crippen LogP contribution < -0.4 is 5.32 Å². The largest absolute Gasteiger partial charge is 0.324 e. The van der Waals surface area contributed by atoms with Gasteiger partial charge in [-0.2, -0.15) is 0 Å². The van der Waals surface area contributed by atoms with E-state index >= 15 is 0 Å². The van der Waals surface area contributed by atoms with Gasteiger partial charge in [0.1, 0.15) is 5.65 Å². The third-order valence-electron chi connectivity index (χ3n) is 5.05. The zero-order chi connectivity index (χ0) is 20.5. The summed E-state index contributed by atoms with van der Waals surface area (Å²) in [4.78, 5) is 17.4. The molecule has 30 heavy (non-hydrogen) atoms. The van der Waals surface area contributed by atoms with E-state index in [1.54, 1.807) is 0 Å². The van der Waals surface area contributed by atoms with Crippen molar-refractivity contribution in [2.75, 3.05) is 5.32 Å². The summed E-state index contributed by atoms with van der Waals surface area (Å²) in [7, 11) is 0. The average Bonchev–Trinajstić information content (AvgIpc) is 3.44. The first kappa shape index (κ1) is 17.9. The van der Waals surface area contributed by atoms with Crippen LogP contribution in [0.15, 0.2) is 97.6 Å². The molecule has 0 fully saturated rings. The van der Waals surface area contributed by atoms with Crippen molar-refractivity contribution >= 4 is 17.2 Å². The van der Waals surface area contributed by atoms with Crippen molar-refractivity contribution in [1.29, 1.82) is 0 Å². The molecule has 0 aliphatic carbocycles. The maximum Gasteiger partial charge on any atom is 0.255 e. The Morgan fingerprint density at radius 1 is 0.900 bits per heavy atom. The predicted molar refractivity (Wildman–Crippen MR) is 119 cm³/mol. The molecule has 146 valence electrons. The Labute approximate surface area is 174 Å². The summed E-state index contributed by atoms with van der Waals surface area (Å²) in [5.74, 6) is -0.142. The average molecular weight is 392 g/mol. The number of aryl methyl sites for hydroxylation is 1. The summed E-state index contributed by atoms with van der Waals surface area (Å²) < 4.78 is 4.02. The molecule has 0 aliphatic heterocycles. The second kappa shape index (κ2) is 7.37.